The van der Waals surface area contributed by atoms with Crippen molar-refractivity contribution < 1.29 is 0 Å². The fourth-order valence-electron chi connectivity index (χ4n) is 5.59. The zero-order valence-corrected chi connectivity index (χ0v) is 20.1. The number of benzene rings is 3. The number of rotatable bonds is 6. The number of hydrogen-bond acceptors (Lipinski definition) is 3. The monoisotopic (exact) mass is 457 g/mol. The summed E-state index contributed by atoms with van der Waals surface area (Å²) in [6, 6.07) is 30.9. The molecule has 3 nitrogen and oxygen atoms in total. The van der Waals surface area contributed by atoms with Crippen molar-refractivity contribution in [3.63, 3.8) is 0 Å². The first-order chi connectivity index (χ1) is 17.3. The van der Waals surface area contributed by atoms with Crippen molar-refractivity contribution in [3.8, 4) is 0 Å². The minimum Gasteiger partial charge on any atom is -0.368 e. The summed E-state index contributed by atoms with van der Waals surface area (Å²) in [5.74, 6) is 0. The average molecular weight is 458 g/mol. The lowest BCUT2D eigenvalue weighted by molar-refractivity contribution is 0.105. The molecule has 1 saturated heterocycles. The molecule has 2 heterocycles. The molecular formula is C32H31N3. The van der Waals surface area contributed by atoms with Crippen molar-refractivity contribution in [3.05, 3.63) is 132 Å². The number of aromatic nitrogens is 1. The van der Waals surface area contributed by atoms with Gasteiger partial charge in [-0.2, -0.15) is 0 Å². The van der Waals surface area contributed by atoms with Gasteiger partial charge >= 0.3 is 0 Å². The van der Waals surface area contributed by atoms with Crippen molar-refractivity contribution in [1.29, 1.82) is 0 Å². The van der Waals surface area contributed by atoms with Gasteiger partial charge in [0.1, 0.15) is 0 Å². The summed E-state index contributed by atoms with van der Waals surface area (Å²) in [4.78, 5) is 9.84. The fraction of sp³-hybridized carbons (Fsp3) is 0.219. The van der Waals surface area contributed by atoms with E-state index < -0.39 is 0 Å². The van der Waals surface area contributed by atoms with E-state index in [0.29, 0.717) is 0 Å². The zero-order valence-electron chi connectivity index (χ0n) is 20.1. The van der Waals surface area contributed by atoms with E-state index in [1.807, 2.05) is 6.20 Å². The van der Waals surface area contributed by atoms with E-state index in [1.54, 1.807) is 5.57 Å². The van der Waals surface area contributed by atoms with E-state index in [2.05, 4.69) is 119 Å². The Kier molecular flexibility index (Phi) is 5.93. The molecule has 4 aromatic rings. The second-order valence-corrected chi connectivity index (χ2v) is 9.57. The Morgan fingerprint density at radius 3 is 2.14 bits per heavy atom. The first kappa shape index (κ1) is 21.8. The Balaban J connectivity index is 1.35. The number of allylic oxidation sites excluding steroid dienone is 1. The lowest BCUT2D eigenvalue weighted by Gasteiger charge is -2.46. The molecule has 174 valence electrons. The van der Waals surface area contributed by atoms with Crippen LogP contribution >= 0.6 is 0 Å². The molecule has 35 heavy (non-hydrogen) atoms. The molecule has 0 radical (unpaired) electrons. The highest BCUT2D eigenvalue weighted by Gasteiger charge is 2.35. The Bertz CT molecular complexity index is 1310. The molecule has 0 amide bonds. The minimum absolute atomic E-state index is 0.207. The Labute approximate surface area is 208 Å². The predicted octanol–water partition coefficient (Wildman–Crippen LogP) is 6.70. The molecule has 2 fully saturated rings. The minimum atomic E-state index is 0.207. The molecular weight excluding hydrogens is 426 g/mol. The predicted molar refractivity (Wildman–Crippen MR) is 145 cm³/mol. The number of piperazine rings is 1. The van der Waals surface area contributed by atoms with Gasteiger partial charge in [0.25, 0.3) is 0 Å². The SMILES string of the molecule is C=C[C@H]1CN(C(=C2CC2)c2cncc3ccccc23)CCN1C(c1ccccc1)c1ccccc1. The molecule has 0 N–H and O–H groups in total. The molecule has 1 atom stereocenters. The molecule has 3 heteroatoms. The number of pyridine rings is 1. The number of hydrogen-bond donors (Lipinski definition) is 0. The zero-order chi connectivity index (χ0) is 23.6. The first-order valence-electron chi connectivity index (χ1n) is 12.6. The highest BCUT2D eigenvalue weighted by molar-refractivity contribution is 5.93. The third-order valence-corrected chi connectivity index (χ3v) is 7.37. The first-order valence-corrected chi connectivity index (χ1v) is 12.6. The van der Waals surface area contributed by atoms with Crippen LogP contribution in [0.2, 0.25) is 0 Å². The van der Waals surface area contributed by atoms with E-state index >= 15 is 0 Å². The summed E-state index contributed by atoms with van der Waals surface area (Å²) in [6.45, 7) is 7.18. The molecule has 0 bridgehead atoms. The topological polar surface area (TPSA) is 19.4 Å². The van der Waals surface area contributed by atoms with Gasteiger partial charge in [0.05, 0.1) is 6.04 Å². The lowest BCUT2D eigenvalue weighted by Crippen LogP contribution is -2.52. The van der Waals surface area contributed by atoms with Crippen LogP contribution in [0.3, 0.4) is 0 Å². The molecule has 2 aliphatic rings. The summed E-state index contributed by atoms with van der Waals surface area (Å²) < 4.78 is 0. The molecule has 6 rings (SSSR count). The van der Waals surface area contributed by atoms with Crippen LogP contribution in [0, 0.1) is 0 Å². The van der Waals surface area contributed by atoms with Crippen LogP contribution in [0.5, 0.6) is 0 Å². The molecule has 1 aliphatic heterocycles. The largest absolute Gasteiger partial charge is 0.368 e. The van der Waals surface area contributed by atoms with Crippen LogP contribution in [-0.4, -0.2) is 40.5 Å². The lowest BCUT2D eigenvalue weighted by atomic mass is 9.94. The molecule has 1 aliphatic carbocycles. The molecule has 1 saturated carbocycles. The smallest absolute Gasteiger partial charge is 0.0608 e. The van der Waals surface area contributed by atoms with E-state index in [0.717, 1.165) is 19.6 Å². The Hall–Kier alpha value is -3.69. The van der Waals surface area contributed by atoms with Crippen molar-refractivity contribution >= 4 is 16.5 Å². The summed E-state index contributed by atoms with van der Waals surface area (Å²) in [6.07, 6.45) is 8.56. The molecule has 1 aromatic heterocycles. The van der Waals surface area contributed by atoms with Gasteiger partial charge in [-0.3, -0.25) is 9.88 Å². The van der Waals surface area contributed by atoms with Gasteiger partial charge in [-0.05, 0) is 34.9 Å². The maximum atomic E-state index is 4.61. The van der Waals surface area contributed by atoms with Gasteiger partial charge in [-0.25, -0.2) is 0 Å². The van der Waals surface area contributed by atoms with Crippen LogP contribution < -0.4 is 0 Å². The third kappa shape index (κ3) is 4.28. The highest BCUT2D eigenvalue weighted by atomic mass is 15.3. The van der Waals surface area contributed by atoms with Crippen LogP contribution in [0.4, 0.5) is 0 Å². The second-order valence-electron chi connectivity index (χ2n) is 9.57. The van der Waals surface area contributed by atoms with Gasteiger partial charge in [0, 0.05) is 54.7 Å². The van der Waals surface area contributed by atoms with Crippen molar-refractivity contribution in [2.75, 3.05) is 19.6 Å². The van der Waals surface area contributed by atoms with E-state index in [-0.39, 0.29) is 12.1 Å². The summed E-state index contributed by atoms with van der Waals surface area (Å²) >= 11 is 0. The van der Waals surface area contributed by atoms with Gasteiger partial charge in [0.2, 0.25) is 0 Å². The summed E-state index contributed by atoms with van der Waals surface area (Å²) in [7, 11) is 0. The molecule has 0 spiro atoms. The van der Waals surface area contributed by atoms with Crippen molar-refractivity contribution in [1.82, 2.24) is 14.8 Å². The standard InChI is InChI=1S/C32H31N3/c1-2-28-23-34(32(26-17-18-26)30-22-33-21-27-15-9-10-16-29(27)30)19-20-35(28)31(24-11-5-3-6-12-24)25-13-7-4-8-14-25/h2-16,21-22,28,31H,1,17-20,23H2/t28-/m0/s1. The van der Waals surface area contributed by atoms with E-state index in [9.17, 15) is 0 Å². The van der Waals surface area contributed by atoms with Crippen LogP contribution in [-0.2, 0) is 0 Å². The summed E-state index contributed by atoms with van der Waals surface area (Å²) in [5, 5.41) is 2.50. The van der Waals surface area contributed by atoms with E-state index in [4.69, 9.17) is 0 Å². The maximum absolute atomic E-state index is 4.61. The quantitative estimate of drug-likeness (QED) is 0.300. The highest BCUT2D eigenvalue weighted by Crippen LogP contribution is 2.42. The second kappa shape index (κ2) is 9.52. The van der Waals surface area contributed by atoms with Gasteiger partial charge in [0.15, 0.2) is 0 Å². The van der Waals surface area contributed by atoms with Crippen molar-refractivity contribution in [2.45, 2.75) is 24.9 Å². The van der Waals surface area contributed by atoms with Gasteiger partial charge in [-0.15, -0.1) is 6.58 Å². The van der Waals surface area contributed by atoms with Crippen molar-refractivity contribution in [2.24, 2.45) is 0 Å². The van der Waals surface area contributed by atoms with Gasteiger partial charge < -0.3 is 4.90 Å². The third-order valence-electron chi connectivity index (χ3n) is 7.37. The maximum Gasteiger partial charge on any atom is 0.0608 e. The Morgan fingerprint density at radius 1 is 0.829 bits per heavy atom. The molecule has 3 aromatic carbocycles. The van der Waals surface area contributed by atoms with Gasteiger partial charge in [-0.1, -0.05) is 91.0 Å². The van der Waals surface area contributed by atoms with Crippen LogP contribution in [0.1, 0.15) is 35.6 Å². The number of nitrogens with zero attached hydrogens (tertiary/aromatic N) is 3. The fourth-order valence-corrected chi connectivity index (χ4v) is 5.59. The normalized spacial score (nSPS) is 18.1. The Morgan fingerprint density at radius 2 is 1.49 bits per heavy atom. The number of fused-ring (bicyclic) bond motifs is 1. The van der Waals surface area contributed by atoms with Crippen LogP contribution in [0.15, 0.2) is 116 Å². The van der Waals surface area contributed by atoms with Crippen LogP contribution in [0.25, 0.3) is 16.5 Å². The average Bonchev–Trinajstić information content (AvgIpc) is 3.76. The summed E-state index contributed by atoms with van der Waals surface area (Å²) in [5.41, 5.74) is 6.89. The van der Waals surface area contributed by atoms with E-state index in [1.165, 1.54) is 46.0 Å². The molecule has 0 unspecified atom stereocenters.